The lowest BCUT2D eigenvalue weighted by Crippen LogP contribution is -2.27. The van der Waals surface area contributed by atoms with Crippen LogP contribution in [0.5, 0.6) is 0 Å². The van der Waals surface area contributed by atoms with Crippen molar-refractivity contribution in [3.8, 4) is 11.3 Å². The Balaban J connectivity index is 1.76. The normalized spacial score (nSPS) is 12.6. The van der Waals surface area contributed by atoms with Gasteiger partial charge in [0.1, 0.15) is 17.3 Å². The van der Waals surface area contributed by atoms with Crippen molar-refractivity contribution in [1.29, 1.82) is 0 Å². The van der Waals surface area contributed by atoms with Gasteiger partial charge >= 0.3 is 11.8 Å². The van der Waals surface area contributed by atoms with Crippen LogP contribution in [0.2, 0.25) is 5.15 Å². The molecule has 3 aromatic rings. The Morgan fingerprint density at radius 2 is 2.00 bits per heavy atom. The van der Waals surface area contributed by atoms with E-state index in [2.05, 4.69) is 25.4 Å². The third kappa shape index (κ3) is 4.33. The molecule has 2 heterocycles. The van der Waals surface area contributed by atoms with E-state index in [1.807, 2.05) is 20.8 Å². The first-order valence-electron chi connectivity index (χ1n) is 8.57. The summed E-state index contributed by atoms with van der Waals surface area (Å²) in [5.41, 5.74) is 1.02. The Hall–Kier alpha value is -2.87. The van der Waals surface area contributed by atoms with Crippen molar-refractivity contribution in [2.24, 2.45) is 0 Å². The molecule has 0 spiro atoms. The van der Waals surface area contributed by atoms with Crippen molar-refractivity contribution in [2.75, 3.05) is 0 Å². The number of aromatic nitrogens is 4. The summed E-state index contributed by atoms with van der Waals surface area (Å²) in [4.78, 5) is 24.3. The summed E-state index contributed by atoms with van der Waals surface area (Å²) in [7, 11) is 0. The summed E-state index contributed by atoms with van der Waals surface area (Å²) in [6, 6.07) is 5.55. The lowest BCUT2D eigenvalue weighted by molar-refractivity contribution is 0.0895. The summed E-state index contributed by atoms with van der Waals surface area (Å²) < 4.78 is 19.6. The van der Waals surface area contributed by atoms with Gasteiger partial charge in [0.25, 0.3) is 0 Å². The van der Waals surface area contributed by atoms with Crippen LogP contribution < -0.4 is 5.32 Å². The van der Waals surface area contributed by atoms with Crippen LogP contribution >= 0.6 is 11.6 Å². The molecule has 146 valence electrons. The maximum Gasteiger partial charge on any atom is 0.315 e. The van der Waals surface area contributed by atoms with Crippen molar-refractivity contribution < 1.29 is 13.7 Å². The molecule has 0 fully saturated rings. The van der Waals surface area contributed by atoms with Gasteiger partial charge < -0.3 is 9.84 Å². The van der Waals surface area contributed by atoms with Gasteiger partial charge in [-0.1, -0.05) is 49.7 Å². The molecule has 0 aliphatic heterocycles. The monoisotopic (exact) mass is 403 g/mol. The number of halogens is 2. The van der Waals surface area contributed by atoms with Crippen molar-refractivity contribution in [2.45, 2.75) is 39.2 Å². The maximum absolute atomic E-state index is 14.6. The number of amides is 1. The quantitative estimate of drug-likeness (QED) is 0.659. The third-order valence-corrected chi connectivity index (χ3v) is 4.24. The third-order valence-electron chi connectivity index (χ3n) is 4.04. The van der Waals surface area contributed by atoms with Crippen LogP contribution in [0, 0.1) is 5.82 Å². The lowest BCUT2D eigenvalue weighted by Gasteiger charge is -2.14. The molecule has 1 amide bonds. The molecule has 0 saturated heterocycles. The fourth-order valence-corrected chi connectivity index (χ4v) is 2.63. The smallest absolute Gasteiger partial charge is 0.315 e. The van der Waals surface area contributed by atoms with Gasteiger partial charge in [-0.3, -0.25) is 4.79 Å². The Labute approximate surface area is 166 Å². The highest BCUT2D eigenvalue weighted by atomic mass is 35.5. The molecule has 9 heteroatoms. The lowest BCUT2D eigenvalue weighted by atomic mass is 9.96. The zero-order valence-corrected chi connectivity index (χ0v) is 16.6. The minimum Gasteiger partial charge on any atom is -0.341 e. The highest BCUT2D eigenvalue weighted by Crippen LogP contribution is 2.25. The Morgan fingerprint density at radius 1 is 1.25 bits per heavy atom. The zero-order valence-electron chi connectivity index (χ0n) is 15.8. The fraction of sp³-hybridized carbons (Fsp3) is 0.316. The van der Waals surface area contributed by atoms with E-state index in [4.69, 9.17) is 16.1 Å². The molecule has 1 atom stereocenters. The number of rotatable bonds is 4. The van der Waals surface area contributed by atoms with Crippen LogP contribution in [0.3, 0.4) is 0 Å². The minimum atomic E-state index is -0.611. The molecule has 28 heavy (non-hydrogen) atoms. The topological polar surface area (TPSA) is 93.8 Å². The number of hydrogen-bond donors (Lipinski definition) is 1. The van der Waals surface area contributed by atoms with Gasteiger partial charge in [0.15, 0.2) is 5.82 Å². The largest absolute Gasteiger partial charge is 0.341 e. The van der Waals surface area contributed by atoms with E-state index in [1.165, 1.54) is 12.4 Å². The molecule has 0 bridgehead atoms. The fourth-order valence-electron chi connectivity index (χ4n) is 2.49. The van der Waals surface area contributed by atoms with Crippen LogP contribution in [0.15, 0.2) is 35.1 Å². The summed E-state index contributed by atoms with van der Waals surface area (Å²) in [5, 5.41) is 6.75. The number of benzene rings is 1. The van der Waals surface area contributed by atoms with Crippen molar-refractivity contribution in [3.63, 3.8) is 0 Å². The van der Waals surface area contributed by atoms with Gasteiger partial charge in [-0.25, -0.2) is 14.4 Å². The maximum atomic E-state index is 14.6. The van der Waals surface area contributed by atoms with Crippen LogP contribution in [0.4, 0.5) is 4.39 Å². The van der Waals surface area contributed by atoms with E-state index in [-0.39, 0.29) is 16.5 Å². The van der Waals surface area contributed by atoms with Crippen molar-refractivity contribution >= 4 is 17.5 Å². The van der Waals surface area contributed by atoms with E-state index in [0.29, 0.717) is 22.6 Å². The first-order chi connectivity index (χ1) is 13.1. The van der Waals surface area contributed by atoms with E-state index in [9.17, 15) is 9.18 Å². The molecule has 7 nitrogen and oxygen atoms in total. The van der Waals surface area contributed by atoms with E-state index in [0.717, 1.165) is 0 Å². The van der Waals surface area contributed by atoms with Crippen LogP contribution in [0.1, 0.15) is 55.8 Å². The standard InChI is InChI=1S/C19H19ClFN5O2/c1-10(24-16(27)17-25-18(26-28-17)19(2,3)4)12-6-5-11(7-13(12)21)14-8-15(20)23-9-22-14/h5-10H,1-4H3,(H,24,27)/t10-/m1/s1. The highest BCUT2D eigenvalue weighted by molar-refractivity contribution is 6.29. The molecule has 1 N–H and O–H groups in total. The summed E-state index contributed by atoms with van der Waals surface area (Å²) in [6.45, 7) is 7.39. The molecule has 0 radical (unpaired) electrons. The second-order valence-electron chi connectivity index (χ2n) is 7.33. The molecule has 1 aromatic carbocycles. The van der Waals surface area contributed by atoms with Gasteiger partial charge in [-0.2, -0.15) is 4.98 Å². The number of hydrogen-bond acceptors (Lipinski definition) is 6. The molecule has 2 aromatic heterocycles. The Kier molecular flexibility index (Phi) is 5.42. The second kappa shape index (κ2) is 7.63. The van der Waals surface area contributed by atoms with E-state index >= 15 is 0 Å². The Bertz CT molecular complexity index is 1020. The zero-order chi connectivity index (χ0) is 20.5. The van der Waals surface area contributed by atoms with Crippen molar-refractivity contribution in [1.82, 2.24) is 25.4 Å². The molecule has 0 saturated carbocycles. The second-order valence-corrected chi connectivity index (χ2v) is 7.72. The summed E-state index contributed by atoms with van der Waals surface area (Å²) in [5.74, 6) is -0.795. The molecule has 0 aliphatic rings. The molecular weight excluding hydrogens is 385 g/mol. The summed E-state index contributed by atoms with van der Waals surface area (Å²) >= 11 is 5.85. The predicted molar refractivity (Wildman–Crippen MR) is 101 cm³/mol. The average Bonchev–Trinajstić information content (AvgIpc) is 3.12. The van der Waals surface area contributed by atoms with Crippen LogP contribution in [0.25, 0.3) is 11.3 Å². The van der Waals surface area contributed by atoms with Crippen molar-refractivity contribution in [3.05, 3.63) is 58.8 Å². The first kappa shape index (κ1) is 19.9. The highest BCUT2D eigenvalue weighted by Gasteiger charge is 2.25. The molecular formula is C19H19ClFN5O2. The van der Waals surface area contributed by atoms with Gasteiger partial charge in [-0.15, -0.1) is 0 Å². The van der Waals surface area contributed by atoms with Gasteiger partial charge in [0, 0.05) is 22.6 Å². The van der Waals surface area contributed by atoms with Crippen LogP contribution in [-0.2, 0) is 5.41 Å². The van der Waals surface area contributed by atoms with Gasteiger partial charge in [-0.05, 0) is 13.0 Å². The van der Waals surface area contributed by atoms with Gasteiger partial charge in [0.05, 0.1) is 11.7 Å². The number of nitrogens with zero attached hydrogens (tertiary/aromatic N) is 4. The van der Waals surface area contributed by atoms with E-state index < -0.39 is 17.8 Å². The number of carbonyl (C=O) groups is 1. The molecule has 3 rings (SSSR count). The number of carbonyl (C=O) groups excluding carboxylic acids is 1. The molecule has 0 aliphatic carbocycles. The predicted octanol–water partition coefficient (Wildman–Crippen LogP) is 4.11. The van der Waals surface area contributed by atoms with E-state index in [1.54, 1.807) is 25.1 Å². The SMILES string of the molecule is C[C@@H](NC(=O)c1nc(C(C)(C)C)no1)c1ccc(-c2cc(Cl)ncn2)cc1F. The average molecular weight is 404 g/mol. The molecule has 0 unspecified atom stereocenters. The first-order valence-corrected chi connectivity index (χ1v) is 8.95. The number of nitrogens with one attached hydrogen (secondary N) is 1. The minimum absolute atomic E-state index is 0.163. The van der Waals surface area contributed by atoms with Crippen LogP contribution in [-0.4, -0.2) is 26.0 Å². The Morgan fingerprint density at radius 3 is 2.61 bits per heavy atom. The van der Waals surface area contributed by atoms with Gasteiger partial charge in [0.2, 0.25) is 0 Å². The summed E-state index contributed by atoms with van der Waals surface area (Å²) in [6.07, 6.45) is 1.31.